The van der Waals surface area contributed by atoms with Crippen LogP contribution >= 0.6 is 0 Å². The van der Waals surface area contributed by atoms with Crippen LogP contribution in [-0.2, 0) is 14.6 Å². The summed E-state index contributed by atoms with van der Waals surface area (Å²) < 4.78 is 30.3. The third-order valence-electron chi connectivity index (χ3n) is 4.55. The van der Waals surface area contributed by atoms with E-state index in [0.29, 0.717) is 5.56 Å². The second-order valence-corrected chi connectivity index (χ2v) is 10.3. The predicted octanol–water partition coefficient (Wildman–Crippen LogP) is 4.32. The Kier molecular flexibility index (Phi) is 6.39. The number of benzene rings is 2. The number of hydrogen-bond acceptors (Lipinski definition) is 5. The minimum atomic E-state index is -4.14. The van der Waals surface area contributed by atoms with Gasteiger partial charge in [0.25, 0.3) is 0 Å². The molecule has 0 saturated heterocycles. The molecule has 0 bridgehead atoms. The van der Waals surface area contributed by atoms with E-state index in [1.165, 1.54) is 19.1 Å². The number of sulfone groups is 1. The van der Waals surface area contributed by atoms with Gasteiger partial charge in [0.05, 0.1) is 17.0 Å². The summed E-state index contributed by atoms with van der Waals surface area (Å²) in [7, 11) is -4.14. The SMILES string of the molecule is Cc1ccccc1[C@H](NC(=O)OC(C)(C)C)[C@@](C)(C#N)S(=O)(=O)c1ccccc1. The molecule has 0 saturated carbocycles. The molecule has 7 heteroatoms. The summed E-state index contributed by atoms with van der Waals surface area (Å²) in [5, 5.41) is 12.7. The number of rotatable bonds is 5. The van der Waals surface area contributed by atoms with E-state index in [-0.39, 0.29) is 4.90 Å². The number of hydrogen-bond donors (Lipinski definition) is 1. The van der Waals surface area contributed by atoms with Crippen molar-refractivity contribution < 1.29 is 17.9 Å². The number of aryl methyl sites for hydroxylation is 1. The highest BCUT2D eigenvalue weighted by Crippen LogP contribution is 2.38. The summed E-state index contributed by atoms with van der Waals surface area (Å²) in [6, 6.07) is 15.6. The number of carbonyl (C=O) groups excluding carboxylic acids is 1. The molecule has 0 radical (unpaired) electrons. The maximum Gasteiger partial charge on any atom is 0.408 e. The van der Waals surface area contributed by atoms with E-state index in [2.05, 4.69) is 5.32 Å². The maximum atomic E-state index is 13.5. The molecule has 0 aliphatic rings. The molecule has 0 aliphatic carbocycles. The Morgan fingerprint density at radius 2 is 1.59 bits per heavy atom. The van der Waals surface area contributed by atoms with E-state index in [4.69, 9.17) is 4.74 Å². The maximum absolute atomic E-state index is 13.5. The Hall–Kier alpha value is -2.85. The number of nitrogens with zero attached hydrogens (tertiary/aromatic N) is 1. The number of ether oxygens (including phenoxy) is 1. The number of nitriles is 1. The predicted molar refractivity (Wildman–Crippen MR) is 111 cm³/mol. The molecule has 154 valence electrons. The average Bonchev–Trinajstić information content (AvgIpc) is 2.65. The topological polar surface area (TPSA) is 96.3 Å². The van der Waals surface area contributed by atoms with Gasteiger partial charge in [-0.15, -0.1) is 0 Å². The molecule has 2 rings (SSSR count). The third-order valence-corrected chi connectivity index (χ3v) is 6.88. The normalized spacial score (nSPS) is 14.9. The van der Waals surface area contributed by atoms with Crippen molar-refractivity contribution in [2.24, 2.45) is 0 Å². The van der Waals surface area contributed by atoms with Crippen molar-refractivity contribution in [1.29, 1.82) is 5.26 Å². The van der Waals surface area contributed by atoms with E-state index in [9.17, 15) is 18.5 Å². The van der Waals surface area contributed by atoms with E-state index >= 15 is 0 Å². The zero-order valence-corrected chi connectivity index (χ0v) is 18.1. The molecule has 2 aromatic carbocycles. The Labute approximate surface area is 172 Å². The summed E-state index contributed by atoms with van der Waals surface area (Å²) in [5.74, 6) is 0. The molecule has 2 atom stereocenters. The summed E-state index contributed by atoms with van der Waals surface area (Å²) in [6.07, 6.45) is -0.796. The summed E-state index contributed by atoms with van der Waals surface area (Å²) in [5.41, 5.74) is 0.502. The van der Waals surface area contributed by atoms with Crippen LogP contribution in [0.25, 0.3) is 0 Å². The summed E-state index contributed by atoms with van der Waals surface area (Å²) in [4.78, 5) is 12.6. The van der Waals surface area contributed by atoms with Gasteiger partial charge in [-0.1, -0.05) is 42.5 Å². The Morgan fingerprint density at radius 1 is 1.03 bits per heavy atom. The minimum Gasteiger partial charge on any atom is -0.444 e. The molecular weight excluding hydrogens is 388 g/mol. The van der Waals surface area contributed by atoms with Crippen molar-refractivity contribution in [3.05, 3.63) is 65.7 Å². The highest BCUT2D eigenvalue weighted by Gasteiger charge is 2.50. The highest BCUT2D eigenvalue weighted by atomic mass is 32.2. The molecular formula is C22H26N2O4S. The van der Waals surface area contributed by atoms with Gasteiger partial charge in [-0.3, -0.25) is 0 Å². The first-order chi connectivity index (χ1) is 13.4. The van der Waals surface area contributed by atoms with Gasteiger partial charge in [-0.05, 0) is 57.9 Å². The molecule has 1 amide bonds. The van der Waals surface area contributed by atoms with E-state index < -0.39 is 32.3 Å². The van der Waals surface area contributed by atoms with Gasteiger partial charge in [-0.2, -0.15) is 5.26 Å². The first-order valence-corrected chi connectivity index (χ1v) is 10.7. The van der Waals surface area contributed by atoms with E-state index in [0.717, 1.165) is 5.56 Å². The molecule has 0 heterocycles. The molecule has 0 unspecified atom stereocenters. The van der Waals surface area contributed by atoms with Crippen LogP contribution < -0.4 is 5.32 Å². The zero-order valence-electron chi connectivity index (χ0n) is 17.3. The van der Waals surface area contributed by atoms with Crippen molar-refractivity contribution in [3.8, 4) is 6.07 Å². The zero-order chi connectivity index (χ0) is 21.9. The molecule has 2 aromatic rings. The molecule has 0 fully saturated rings. The summed E-state index contributed by atoms with van der Waals surface area (Å²) in [6.45, 7) is 8.24. The molecule has 29 heavy (non-hydrogen) atoms. The van der Waals surface area contributed by atoms with Gasteiger partial charge < -0.3 is 10.1 Å². The van der Waals surface area contributed by atoms with Crippen LogP contribution in [0.15, 0.2) is 59.5 Å². The first-order valence-electron chi connectivity index (χ1n) is 9.18. The average molecular weight is 415 g/mol. The molecule has 6 nitrogen and oxygen atoms in total. The number of carbonyl (C=O) groups is 1. The van der Waals surface area contributed by atoms with Crippen LogP contribution in [0.2, 0.25) is 0 Å². The molecule has 1 N–H and O–H groups in total. The monoisotopic (exact) mass is 414 g/mol. The van der Waals surface area contributed by atoms with Crippen molar-refractivity contribution in [3.63, 3.8) is 0 Å². The fraction of sp³-hybridized carbons (Fsp3) is 0.364. The lowest BCUT2D eigenvalue weighted by Crippen LogP contribution is -2.49. The Bertz CT molecular complexity index is 1020. The summed E-state index contributed by atoms with van der Waals surface area (Å²) >= 11 is 0. The second kappa shape index (κ2) is 8.26. The van der Waals surface area contributed by atoms with Crippen molar-refractivity contribution in [2.45, 2.75) is 55.9 Å². The fourth-order valence-electron chi connectivity index (χ4n) is 2.97. The molecule has 0 spiro atoms. The smallest absolute Gasteiger partial charge is 0.408 e. The Balaban J connectivity index is 2.64. The number of amides is 1. The lowest BCUT2D eigenvalue weighted by atomic mass is 9.91. The molecule has 0 aromatic heterocycles. The van der Waals surface area contributed by atoms with Gasteiger partial charge in [0.1, 0.15) is 5.60 Å². The van der Waals surface area contributed by atoms with Crippen LogP contribution in [0.5, 0.6) is 0 Å². The van der Waals surface area contributed by atoms with Gasteiger partial charge in [0, 0.05) is 0 Å². The quantitative estimate of drug-likeness (QED) is 0.786. The lowest BCUT2D eigenvalue weighted by molar-refractivity contribution is 0.0497. The van der Waals surface area contributed by atoms with E-state index in [1.807, 2.05) is 6.07 Å². The van der Waals surface area contributed by atoms with Gasteiger partial charge >= 0.3 is 6.09 Å². The van der Waals surface area contributed by atoms with Crippen LogP contribution in [0, 0.1) is 18.3 Å². The van der Waals surface area contributed by atoms with Crippen LogP contribution in [0.1, 0.15) is 44.9 Å². The number of nitrogens with one attached hydrogen (secondary N) is 1. The van der Waals surface area contributed by atoms with Gasteiger partial charge in [-0.25, -0.2) is 13.2 Å². The van der Waals surface area contributed by atoms with E-state index in [1.54, 1.807) is 70.2 Å². The van der Waals surface area contributed by atoms with Crippen LogP contribution in [0.3, 0.4) is 0 Å². The second-order valence-electron chi connectivity index (χ2n) is 7.97. The highest BCUT2D eigenvalue weighted by molar-refractivity contribution is 7.93. The van der Waals surface area contributed by atoms with Crippen molar-refractivity contribution in [2.75, 3.05) is 0 Å². The lowest BCUT2D eigenvalue weighted by Gasteiger charge is -2.33. The van der Waals surface area contributed by atoms with Crippen molar-refractivity contribution in [1.82, 2.24) is 5.32 Å². The largest absolute Gasteiger partial charge is 0.444 e. The minimum absolute atomic E-state index is 0.00798. The Morgan fingerprint density at radius 3 is 2.10 bits per heavy atom. The van der Waals surface area contributed by atoms with Crippen LogP contribution in [0.4, 0.5) is 4.79 Å². The van der Waals surface area contributed by atoms with Crippen LogP contribution in [-0.4, -0.2) is 24.9 Å². The number of alkyl carbamates (subject to hydrolysis) is 1. The van der Waals surface area contributed by atoms with Gasteiger partial charge in [0.15, 0.2) is 14.6 Å². The van der Waals surface area contributed by atoms with Crippen molar-refractivity contribution >= 4 is 15.9 Å². The fourth-order valence-corrected chi connectivity index (χ4v) is 4.59. The molecule has 0 aliphatic heterocycles. The first kappa shape index (κ1) is 22.4. The standard InChI is InChI=1S/C22H26N2O4S/c1-16-11-9-10-14-18(16)19(24-20(25)28-21(2,3)4)22(5,15-23)29(26,27)17-12-7-6-8-13-17/h6-14,19H,1-5H3,(H,24,25)/t19-,22+/m0/s1. The third kappa shape index (κ3) is 4.77. The van der Waals surface area contributed by atoms with Gasteiger partial charge in [0.2, 0.25) is 0 Å².